The van der Waals surface area contributed by atoms with Crippen LogP contribution in [0.25, 0.3) is 22.3 Å². The summed E-state index contributed by atoms with van der Waals surface area (Å²) >= 11 is 0. The zero-order valence-electron chi connectivity index (χ0n) is 17.8. The van der Waals surface area contributed by atoms with Crippen LogP contribution in [0.15, 0.2) is 41.2 Å². The van der Waals surface area contributed by atoms with Crippen molar-refractivity contribution in [3.05, 3.63) is 63.4 Å². The lowest BCUT2D eigenvalue weighted by Gasteiger charge is -2.39. The van der Waals surface area contributed by atoms with Crippen molar-refractivity contribution in [2.24, 2.45) is 0 Å². The van der Waals surface area contributed by atoms with E-state index in [1.807, 2.05) is 30.3 Å². The van der Waals surface area contributed by atoms with Crippen LogP contribution in [0.4, 0.5) is 0 Å². The van der Waals surface area contributed by atoms with Crippen molar-refractivity contribution < 1.29 is 19.4 Å². The molecule has 8 nitrogen and oxygen atoms in total. The first kappa shape index (κ1) is 20.4. The van der Waals surface area contributed by atoms with Gasteiger partial charge in [-0.25, -0.2) is 9.78 Å². The normalized spacial score (nSPS) is 21.8. The minimum Gasteiger partial charge on any atom is -0.442 e. The monoisotopic (exact) mass is 433 g/mol. The highest BCUT2D eigenvalue weighted by Crippen LogP contribution is 2.39. The number of amides is 1. The van der Waals surface area contributed by atoms with Gasteiger partial charge in [0.2, 0.25) is 5.60 Å². The average Bonchev–Trinajstić information content (AvgIpc) is 3.16. The van der Waals surface area contributed by atoms with Gasteiger partial charge in [-0.1, -0.05) is 32.0 Å². The number of rotatable bonds is 4. The predicted octanol–water partition coefficient (Wildman–Crippen LogP) is 1.97. The van der Waals surface area contributed by atoms with Gasteiger partial charge >= 0.3 is 5.97 Å². The van der Waals surface area contributed by atoms with Gasteiger partial charge in [0.1, 0.15) is 6.04 Å². The highest BCUT2D eigenvalue weighted by molar-refractivity contribution is 5.97. The van der Waals surface area contributed by atoms with Crippen molar-refractivity contribution in [2.45, 2.75) is 51.5 Å². The Labute approximate surface area is 183 Å². The minimum absolute atomic E-state index is 0.0471. The molecule has 164 valence electrons. The number of ether oxygens (including phenoxy) is 1. The van der Waals surface area contributed by atoms with Gasteiger partial charge in [0.05, 0.1) is 35.6 Å². The van der Waals surface area contributed by atoms with Crippen LogP contribution in [0, 0.1) is 0 Å². The lowest BCUT2D eigenvalue weighted by atomic mass is 9.84. The van der Waals surface area contributed by atoms with Crippen molar-refractivity contribution in [3.8, 4) is 11.4 Å². The van der Waals surface area contributed by atoms with E-state index in [1.54, 1.807) is 24.5 Å². The lowest BCUT2D eigenvalue weighted by molar-refractivity contribution is -0.182. The second-order valence-electron chi connectivity index (χ2n) is 8.20. The Morgan fingerprint density at radius 3 is 2.72 bits per heavy atom. The number of aromatic nitrogens is 2. The SMILES string of the molecule is CC[C@@H]1NC(=O)[C@](CC)(c2cc3n(c(=O)c2CO)Cc2cc4ccccc4nc2-3)OC1=O. The molecule has 0 spiro atoms. The van der Waals surface area contributed by atoms with Crippen molar-refractivity contribution in [1.82, 2.24) is 14.9 Å². The van der Waals surface area contributed by atoms with Gasteiger partial charge in [0.15, 0.2) is 0 Å². The third-order valence-corrected chi connectivity index (χ3v) is 6.51. The Hall–Kier alpha value is -3.52. The summed E-state index contributed by atoms with van der Waals surface area (Å²) in [5.74, 6) is -1.04. The molecule has 1 amide bonds. The second-order valence-corrected chi connectivity index (χ2v) is 8.20. The van der Waals surface area contributed by atoms with E-state index >= 15 is 0 Å². The van der Waals surface area contributed by atoms with E-state index in [2.05, 4.69) is 5.32 Å². The first-order chi connectivity index (χ1) is 15.4. The Balaban J connectivity index is 1.75. The van der Waals surface area contributed by atoms with Gasteiger partial charge in [-0.05, 0) is 31.0 Å². The van der Waals surface area contributed by atoms with E-state index in [0.717, 1.165) is 16.5 Å². The van der Waals surface area contributed by atoms with Crippen molar-refractivity contribution in [3.63, 3.8) is 0 Å². The van der Waals surface area contributed by atoms with Crippen molar-refractivity contribution in [2.75, 3.05) is 0 Å². The van der Waals surface area contributed by atoms with Gasteiger partial charge in [-0.2, -0.15) is 0 Å². The molecule has 0 unspecified atom stereocenters. The molecule has 32 heavy (non-hydrogen) atoms. The molecule has 0 radical (unpaired) electrons. The topological polar surface area (TPSA) is 111 Å². The Morgan fingerprint density at radius 2 is 2.00 bits per heavy atom. The number of cyclic esters (lactones) is 1. The zero-order chi connectivity index (χ0) is 22.6. The standard InChI is InChI=1S/C24H23N3O5/c1-3-17-22(30)32-24(4-2,23(31)26-17)16-10-19-20-14(11-27(19)21(29)15(16)12-28)9-13-7-5-6-8-18(13)25-20/h5-10,17,28H,3-4,11-12H2,1-2H3,(H,26,31)/t17-,24-/m0/s1. The molecule has 2 aliphatic heterocycles. The van der Waals surface area contributed by atoms with E-state index in [1.165, 1.54) is 0 Å². The van der Waals surface area contributed by atoms with Crippen LogP contribution < -0.4 is 10.9 Å². The number of pyridine rings is 2. The maximum absolute atomic E-state index is 13.4. The summed E-state index contributed by atoms with van der Waals surface area (Å²) in [4.78, 5) is 43.9. The molecule has 1 fully saturated rings. The molecule has 2 atom stereocenters. The van der Waals surface area contributed by atoms with E-state index in [-0.39, 0.29) is 17.5 Å². The smallest absolute Gasteiger partial charge is 0.330 e. The largest absolute Gasteiger partial charge is 0.442 e. The number of morpholine rings is 1. The molecule has 8 heteroatoms. The Kier molecular flexibility index (Phi) is 4.63. The fourth-order valence-electron chi connectivity index (χ4n) is 4.72. The third kappa shape index (κ3) is 2.72. The third-order valence-electron chi connectivity index (χ3n) is 6.51. The molecule has 4 heterocycles. The van der Waals surface area contributed by atoms with Gasteiger partial charge in [-0.3, -0.25) is 9.59 Å². The van der Waals surface area contributed by atoms with Gasteiger partial charge < -0.3 is 19.7 Å². The maximum Gasteiger partial charge on any atom is 0.330 e. The lowest BCUT2D eigenvalue weighted by Crippen LogP contribution is -2.60. The number of hydrogen-bond donors (Lipinski definition) is 2. The molecule has 5 rings (SSSR count). The molecule has 1 saturated heterocycles. The molecule has 0 bridgehead atoms. The first-order valence-electron chi connectivity index (χ1n) is 10.7. The van der Waals surface area contributed by atoms with E-state index < -0.39 is 35.7 Å². The molecule has 3 aromatic rings. The Bertz CT molecular complexity index is 1350. The zero-order valence-corrected chi connectivity index (χ0v) is 17.8. The van der Waals surface area contributed by atoms with Crippen molar-refractivity contribution in [1.29, 1.82) is 0 Å². The van der Waals surface area contributed by atoms with Crippen LogP contribution in [-0.2, 0) is 33.1 Å². The molecule has 0 aliphatic carbocycles. The number of carbonyl (C=O) groups excluding carboxylic acids is 2. The molecule has 0 saturated carbocycles. The molecular formula is C24H23N3O5. The van der Waals surface area contributed by atoms with Crippen LogP contribution in [-0.4, -0.2) is 32.6 Å². The summed E-state index contributed by atoms with van der Waals surface area (Å²) in [6, 6.07) is 10.6. The number of hydrogen-bond acceptors (Lipinski definition) is 6. The number of aliphatic hydroxyl groups excluding tert-OH is 1. The number of benzene rings is 1. The summed E-state index contributed by atoms with van der Waals surface area (Å²) < 4.78 is 7.26. The van der Waals surface area contributed by atoms with E-state index in [4.69, 9.17) is 9.72 Å². The number of carbonyl (C=O) groups is 2. The first-order valence-corrected chi connectivity index (χ1v) is 10.7. The van der Waals surface area contributed by atoms with Crippen LogP contribution >= 0.6 is 0 Å². The summed E-state index contributed by atoms with van der Waals surface area (Å²) in [7, 11) is 0. The average molecular weight is 433 g/mol. The number of aliphatic hydroxyl groups is 1. The van der Waals surface area contributed by atoms with E-state index in [9.17, 15) is 19.5 Å². The van der Waals surface area contributed by atoms with Crippen LogP contribution in [0.2, 0.25) is 0 Å². The number of esters is 1. The summed E-state index contributed by atoms with van der Waals surface area (Å²) in [5.41, 5.74) is 1.00. The molecule has 2 aromatic heterocycles. The number of nitrogens with one attached hydrogen (secondary N) is 1. The summed E-state index contributed by atoms with van der Waals surface area (Å²) in [5, 5.41) is 13.8. The van der Waals surface area contributed by atoms with Gasteiger partial charge in [0.25, 0.3) is 11.5 Å². The fourth-order valence-corrected chi connectivity index (χ4v) is 4.72. The highest BCUT2D eigenvalue weighted by Gasteiger charge is 2.50. The van der Waals surface area contributed by atoms with Crippen LogP contribution in [0.5, 0.6) is 0 Å². The Morgan fingerprint density at radius 1 is 1.22 bits per heavy atom. The van der Waals surface area contributed by atoms with Gasteiger partial charge in [0, 0.05) is 16.5 Å². The fraction of sp³-hybridized carbons (Fsp3) is 0.333. The van der Waals surface area contributed by atoms with Gasteiger partial charge in [-0.15, -0.1) is 0 Å². The van der Waals surface area contributed by atoms with Crippen LogP contribution in [0.1, 0.15) is 43.4 Å². The number of para-hydroxylation sites is 1. The summed E-state index contributed by atoms with van der Waals surface area (Å²) in [6.07, 6.45) is 0.517. The highest BCUT2D eigenvalue weighted by atomic mass is 16.6. The number of fused-ring (bicyclic) bond motifs is 4. The van der Waals surface area contributed by atoms with Crippen LogP contribution in [0.3, 0.4) is 0 Å². The maximum atomic E-state index is 13.4. The quantitative estimate of drug-likeness (QED) is 0.476. The van der Waals surface area contributed by atoms with Crippen molar-refractivity contribution >= 4 is 22.8 Å². The molecule has 2 aliphatic rings. The summed E-state index contributed by atoms with van der Waals surface area (Å²) in [6.45, 7) is 3.23. The minimum atomic E-state index is -1.69. The second kappa shape index (κ2) is 7.27. The molecule has 1 aromatic carbocycles. The number of nitrogens with zero attached hydrogens (tertiary/aromatic N) is 2. The molecular weight excluding hydrogens is 410 g/mol. The predicted molar refractivity (Wildman–Crippen MR) is 117 cm³/mol. The van der Waals surface area contributed by atoms with E-state index in [0.29, 0.717) is 24.4 Å². The molecule has 2 N–H and O–H groups in total.